The first-order valence-corrected chi connectivity index (χ1v) is 8.34. The maximum atomic E-state index is 12.7. The molecule has 1 saturated heterocycles. The van der Waals surface area contributed by atoms with Crippen LogP contribution < -0.4 is 4.90 Å². The Morgan fingerprint density at radius 1 is 1.04 bits per heavy atom. The van der Waals surface area contributed by atoms with E-state index in [2.05, 4.69) is 12.2 Å². The van der Waals surface area contributed by atoms with Gasteiger partial charge in [-0.2, -0.15) is 0 Å². The second-order valence-corrected chi connectivity index (χ2v) is 7.01. The first kappa shape index (κ1) is 15.1. The normalized spacial score (nSPS) is 30.4. The molecule has 24 heavy (non-hydrogen) atoms. The van der Waals surface area contributed by atoms with Gasteiger partial charge in [0.05, 0.1) is 29.2 Å². The molecule has 0 N–H and O–H groups in total. The van der Waals surface area contributed by atoms with Crippen molar-refractivity contribution in [2.24, 2.45) is 23.7 Å². The van der Waals surface area contributed by atoms with Crippen molar-refractivity contribution in [2.45, 2.75) is 26.4 Å². The number of esters is 1. The van der Waals surface area contributed by atoms with Crippen molar-refractivity contribution in [3.8, 4) is 0 Å². The molecule has 2 fully saturated rings. The van der Waals surface area contributed by atoms with Crippen molar-refractivity contribution in [1.29, 1.82) is 0 Å². The number of hydrogen-bond acceptors (Lipinski definition) is 4. The topological polar surface area (TPSA) is 63.7 Å². The molecule has 1 heterocycles. The Kier molecular flexibility index (Phi) is 3.34. The van der Waals surface area contributed by atoms with Crippen LogP contribution in [0.15, 0.2) is 36.4 Å². The Bertz CT molecular complexity index is 719. The van der Waals surface area contributed by atoms with E-state index < -0.39 is 5.97 Å². The summed E-state index contributed by atoms with van der Waals surface area (Å²) in [6.07, 6.45) is 4.87. The number of anilines is 1. The van der Waals surface area contributed by atoms with E-state index in [-0.39, 0.29) is 41.6 Å². The number of nitrogens with zero attached hydrogens (tertiary/aromatic N) is 1. The zero-order valence-electron chi connectivity index (χ0n) is 13.6. The summed E-state index contributed by atoms with van der Waals surface area (Å²) in [5.41, 5.74) is 0.938. The Morgan fingerprint density at radius 2 is 1.58 bits per heavy atom. The average molecular weight is 325 g/mol. The molecule has 5 nitrogen and oxygen atoms in total. The standard InChI is InChI=1S/C19H19NO4/c1-10(2)24-19(23)11-5-7-14(8-6-11)20-17(21)15-12-3-4-13(9-12)16(15)18(20)22/h3-8,10,12-13,15-16H,9H2,1-2H3/t12-,13+,15+,16-. The van der Waals surface area contributed by atoms with Gasteiger partial charge in [-0.25, -0.2) is 4.79 Å². The molecule has 2 amide bonds. The maximum Gasteiger partial charge on any atom is 0.338 e. The molecule has 5 heteroatoms. The molecule has 4 rings (SSSR count). The molecule has 0 radical (unpaired) electrons. The second-order valence-electron chi connectivity index (χ2n) is 7.01. The number of ether oxygens (including phenoxy) is 1. The third-order valence-electron chi connectivity index (χ3n) is 5.17. The molecule has 1 aliphatic heterocycles. The minimum atomic E-state index is -0.408. The van der Waals surface area contributed by atoms with Crippen LogP contribution in [-0.4, -0.2) is 23.9 Å². The fourth-order valence-electron chi connectivity index (χ4n) is 4.19. The third kappa shape index (κ3) is 2.11. The summed E-state index contributed by atoms with van der Waals surface area (Å²) in [5, 5.41) is 0. The van der Waals surface area contributed by atoms with Gasteiger partial charge in [-0.05, 0) is 56.4 Å². The lowest BCUT2D eigenvalue weighted by Crippen LogP contribution is -2.32. The Balaban J connectivity index is 1.58. The van der Waals surface area contributed by atoms with Crippen LogP contribution in [-0.2, 0) is 14.3 Å². The minimum absolute atomic E-state index is 0.112. The van der Waals surface area contributed by atoms with Crippen LogP contribution in [0.5, 0.6) is 0 Å². The lowest BCUT2D eigenvalue weighted by atomic mass is 9.85. The van der Waals surface area contributed by atoms with Gasteiger partial charge in [-0.1, -0.05) is 12.2 Å². The number of carbonyl (C=O) groups is 3. The molecule has 1 aromatic rings. The number of fused-ring (bicyclic) bond motifs is 5. The predicted molar refractivity (Wildman–Crippen MR) is 87.2 cm³/mol. The molecule has 2 bridgehead atoms. The SMILES string of the molecule is CC(C)OC(=O)c1ccc(N2C(=O)[C@@H]3[C@H](C2=O)[C@H]2C=C[C@@H]3C2)cc1. The summed E-state index contributed by atoms with van der Waals surface area (Å²) < 4.78 is 5.15. The Morgan fingerprint density at radius 3 is 2.08 bits per heavy atom. The molecular formula is C19H19NO4. The van der Waals surface area contributed by atoms with Crippen molar-refractivity contribution < 1.29 is 19.1 Å². The van der Waals surface area contributed by atoms with Gasteiger partial charge in [0.1, 0.15) is 0 Å². The van der Waals surface area contributed by atoms with Gasteiger partial charge in [0, 0.05) is 0 Å². The van der Waals surface area contributed by atoms with Gasteiger partial charge >= 0.3 is 5.97 Å². The molecular weight excluding hydrogens is 306 g/mol. The highest BCUT2D eigenvalue weighted by Gasteiger charge is 2.59. The number of rotatable bonds is 3. The van der Waals surface area contributed by atoms with E-state index in [1.165, 1.54) is 4.90 Å². The predicted octanol–water partition coefficient (Wildman–Crippen LogP) is 2.56. The van der Waals surface area contributed by atoms with E-state index in [9.17, 15) is 14.4 Å². The number of benzene rings is 1. The van der Waals surface area contributed by atoms with Crippen LogP contribution in [0.25, 0.3) is 0 Å². The van der Waals surface area contributed by atoms with Crippen LogP contribution in [0.3, 0.4) is 0 Å². The number of imide groups is 1. The fraction of sp³-hybridized carbons (Fsp3) is 0.421. The molecule has 4 atom stereocenters. The lowest BCUT2D eigenvalue weighted by molar-refractivity contribution is -0.123. The highest BCUT2D eigenvalue weighted by atomic mass is 16.5. The van der Waals surface area contributed by atoms with Gasteiger partial charge in [0.25, 0.3) is 0 Å². The summed E-state index contributed by atoms with van der Waals surface area (Å²) in [4.78, 5) is 38.6. The van der Waals surface area contributed by atoms with E-state index in [0.717, 1.165) is 6.42 Å². The summed E-state index contributed by atoms with van der Waals surface area (Å²) >= 11 is 0. The zero-order chi connectivity index (χ0) is 17.0. The molecule has 0 spiro atoms. The maximum absolute atomic E-state index is 12.7. The van der Waals surface area contributed by atoms with Gasteiger partial charge < -0.3 is 4.74 Å². The van der Waals surface area contributed by atoms with Crippen LogP contribution in [0.1, 0.15) is 30.6 Å². The van der Waals surface area contributed by atoms with Crippen LogP contribution >= 0.6 is 0 Å². The summed E-state index contributed by atoms with van der Waals surface area (Å²) in [7, 11) is 0. The van der Waals surface area contributed by atoms with E-state index >= 15 is 0 Å². The van der Waals surface area contributed by atoms with E-state index in [4.69, 9.17) is 4.74 Å². The molecule has 2 aliphatic carbocycles. The summed E-state index contributed by atoms with van der Waals surface area (Å²) in [6.45, 7) is 3.57. The van der Waals surface area contributed by atoms with E-state index in [0.29, 0.717) is 11.3 Å². The molecule has 1 aromatic carbocycles. The quantitative estimate of drug-likeness (QED) is 0.487. The van der Waals surface area contributed by atoms with Gasteiger partial charge in [0.15, 0.2) is 0 Å². The largest absolute Gasteiger partial charge is 0.459 e. The summed E-state index contributed by atoms with van der Waals surface area (Å²) in [6, 6.07) is 6.48. The number of amides is 2. The highest BCUT2D eigenvalue weighted by Crippen LogP contribution is 2.53. The van der Waals surface area contributed by atoms with Crippen molar-refractivity contribution in [1.82, 2.24) is 0 Å². The lowest BCUT2D eigenvalue weighted by Gasteiger charge is -2.17. The molecule has 124 valence electrons. The molecule has 1 saturated carbocycles. The number of allylic oxidation sites excluding steroid dienone is 2. The number of hydrogen-bond donors (Lipinski definition) is 0. The van der Waals surface area contributed by atoms with Crippen molar-refractivity contribution in [3.05, 3.63) is 42.0 Å². The Hall–Kier alpha value is -2.43. The van der Waals surface area contributed by atoms with Crippen LogP contribution in [0.2, 0.25) is 0 Å². The smallest absolute Gasteiger partial charge is 0.338 e. The van der Waals surface area contributed by atoms with Crippen molar-refractivity contribution >= 4 is 23.5 Å². The third-order valence-corrected chi connectivity index (χ3v) is 5.17. The van der Waals surface area contributed by atoms with Crippen molar-refractivity contribution in [2.75, 3.05) is 4.90 Å². The first-order valence-electron chi connectivity index (χ1n) is 8.34. The Labute approximate surface area is 140 Å². The van der Waals surface area contributed by atoms with Gasteiger partial charge in [-0.15, -0.1) is 0 Å². The highest BCUT2D eigenvalue weighted by molar-refractivity contribution is 6.22. The fourth-order valence-corrected chi connectivity index (χ4v) is 4.19. The van der Waals surface area contributed by atoms with Crippen LogP contribution in [0, 0.1) is 23.7 Å². The molecule has 3 aliphatic rings. The average Bonchev–Trinajstić information content (AvgIpc) is 3.21. The van der Waals surface area contributed by atoms with Crippen molar-refractivity contribution in [3.63, 3.8) is 0 Å². The molecule has 0 aromatic heterocycles. The van der Waals surface area contributed by atoms with Crippen LogP contribution in [0.4, 0.5) is 5.69 Å². The van der Waals surface area contributed by atoms with E-state index in [1.54, 1.807) is 38.1 Å². The van der Waals surface area contributed by atoms with Gasteiger partial charge in [0.2, 0.25) is 11.8 Å². The summed E-state index contributed by atoms with van der Waals surface area (Å²) in [5.74, 6) is -0.659. The number of carbonyl (C=O) groups excluding carboxylic acids is 3. The second kappa shape index (κ2) is 5.30. The molecule has 0 unspecified atom stereocenters. The minimum Gasteiger partial charge on any atom is -0.459 e. The first-order chi connectivity index (χ1) is 11.5. The van der Waals surface area contributed by atoms with E-state index in [1.807, 2.05) is 0 Å². The monoisotopic (exact) mass is 325 g/mol. The van der Waals surface area contributed by atoms with Gasteiger partial charge in [-0.3, -0.25) is 14.5 Å². The zero-order valence-corrected chi connectivity index (χ0v) is 13.6.